The number of fused-ring (bicyclic) bond motifs is 1. The molecule has 0 amide bonds. The molecule has 0 aromatic heterocycles. The van der Waals surface area contributed by atoms with Gasteiger partial charge in [0.2, 0.25) is 0 Å². The summed E-state index contributed by atoms with van der Waals surface area (Å²) >= 11 is 0. The minimum Gasteiger partial charge on any atom is -0.490 e. The summed E-state index contributed by atoms with van der Waals surface area (Å²) in [6.45, 7) is 1.69. The largest absolute Gasteiger partial charge is 0.490 e. The lowest BCUT2D eigenvalue weighted by molar-refractivity contribution is 0.297. The number of guanidine groups is 1. The third-order valence-corrected chi connectivity index (χ3v) is 5.70. The molecule has 23 heavy (non-hydrogen) atoms. The van der Waals surface area contributed by atoms with Crippen LogP contribution in [-0.4, -0.2) is 45.6 Å². The highest BCUT2D eigenvalue weighted by molar-refractivity contribution is 7.91. The van der Waals surface area contributed by atoms with Gasteiger partial charge in [0, 0.05) is 24.7 Å². The average molecular weight is 339 g/mol. The van der Waals surface area contributed by atoms with E-state index in [4.69, 9.17) is 15.2 Å². The Hall–Kier alpha value is -1.96. The van der Waals surface area contributed by atoms with Crippen LogP contribution in [0.15, 0.2) is 23.2 Å². The SMILES string of the molecule is NC(=NCC1CCS(=O)(=O)C1)Nc1ccc2c(c1)OCCCO2. The van der Waals surface area contributed by atoms with Crippen LogP contribution >= 0.6 is 0 Å². The van der Waals surface area contributed by atoms with Crippen molar-refractivity contribution in [3.05, 3.63) is 18.2 Å². The first-order valence-electron chi connectivity index (χ1n) is 7.69. The van der Waals surface area contributed by atoms with Crippen LogP contribution in [0, 0.1) is 5.92 Å². The maximum atomic E-state index is 11.4. The van der Waals surface area contributed by atoms with E-state index in [0.29, 0.717) is 31.9 Å². The number of rotatable bonds is 3. The van der Waals surface area contributed by atoms with Gasteiger partial charge in [-0.1, -0.05) is 0 Å². The van der Waals surface area contributed by atoms with E-state index in [0.717, 1.165) is 17.9 Å². The Morgan fingerprint density at radius 2 is 2.09 bits per heavy atom. The highest BCUT2D eigenvalue weighted by Gasteiger charge is 2.27. The number of benzene rings is 1. The fourth-order valence-corrected chi connectivity index (χ4v) is 4.52. The van der Waals surface area contributed by atoms with Crippen LogP contribution < -0.4 is 20.5 Å². The Balaban J connectivity index is 1.60. The second-order valence-corrected chi connectivity index (χ2v) is 8.06. The molecular formula is C15H21N3O4S. The molecule has 1 aromatic rings. The van der Waals surface area contributed by atoms with Crippen molar-refractivity contribution in [2.75, 3.05) is 36.6 Å². The summed E-state index contributed by atoms with van der Waals surface area (Å²) in [6.07, 6.45) is 1.51. The maximum absolute atomic E-state index is 11.4. The standard InChI is InChI=1S/C15H21N3O4S/c16-15(17-9-11-4-7-23(19,20)10-11)18-12-2-3-13-14(8-12)22-6-1-5-21-13/h2-3,8,11H,1,4-7,9-10H2,(H3,16,17,18). The van der Waals surface area contributed by atoms with Gasteiger partial charge in [0.05, 0.1) is 24.7 Å². The van der Waals surface area contributed by atoms with E-state index in [-0.39, 0.29) is 23.4 Å². The van der Waals surface area contributed by atoms with Crippen molar-refractivity contribution in [2.45, 2.75) is 12.8 Å². The van der Waals surface area contributed by atoms with E-state index < -0.39 is 9.84 Å². The molecule has 0 bridgehead atoms. The quantitative estimate of drug-likeness (QED) is 0.629. The number of nitrogens with zero attached hydrogens (tertiary/aromatic N) is 1. The summed E-state index contributed by atoms with van der Waals surface area (Å²) in [5.74, 6) is 2.19. The van der Waals surface area contributed by atoms with Crippen molar-refractivity contribution in [1.82, 2.24) is 0 Å². The molecule has 1 aromatic carbocycles. The number of sulfone groups is 1. The van der Waals surface area contributed by atoms with Gasteiger partial charge in [-0.3, -0.25) is 4.99 Å². The molecule has 1 unspecified atom stereocenters. The average Bonchev–Trinajstić information content (AvgIpc) is 2.71. The Morgan fingerprint density at radius 1 is 1.30 bits per heavy atom. The predicted molar refractivity (Wildman–Crippen MR) is 88.9 cm³/mol. The van der Waals surface area contributed by atoms with Crippen molar-refractivity contribution < 1.29 is 17.9 Å². The highest BCUT2D eigenvalue weighted by Crippen LogP contribution is 2.32. The van der Waals surface area contributed by atoms with E-state index in [1.807, 2.05) is 18.2 Å². The third kappa shape index (κ3) is 4.28. The zero-order chi connectivity index (χ0) is 16.3. The molecule has 126 valence electrons. The summed E-state index contributed by atoms with van der Waals surface area (Å²) < 4.78 is 34.0. The van der Waals surface area contributed by atoms with E-state index in [9.17, 15) is 8.42 Å². The van der Waals surface area contributed by atoms with E-state index in [1.165, 1.54) is 0 Å². The molecule has 1 atom stereocenters. The van der Waals surface area contributed by atoms with Gasteiger partial charge in [0.15, 0.2) is 27.3 Å². The molecule has 2 heterocycles. The number of hydrogen-bond donors (Lipinski definition) is 2. The van der Waals surface area contributed by atoms with Gasteiger partial charge in [-0.05, 0) is 24.5 Å². The Labute approximate surface area is 135 Å². The number of anilines is 1. The first kappa shape index (κ1) is 15.9. The van der Waals surface area contributed by atoms with Gasteiger partial charge in [-0.15, -0.1) is 0 Å². The molecule has 0 saturated carbocycles. The fourth-order valence-electron chi connectivity index (χ4n) is 2.67. The smallest absolute Gasteiger partial charge is 0.193 e. The maximum Gasteiger partial charge on any atom is 0.193 e. The van der Waals surface area contributed by atoms with Crippen LogP contribution in [0.5, 0.6) is 11.5 Å². The van der Waals surface area contributed by atoms with Crippen molar-refractivity contribution in [1.29, 1.82) is 0 Å². The predicted octanol–water partition coefficient (Wildman–Crippen LogP) is 1.01. The molecule has 0 aliphatic carbocycles. The second kappa shape index (κ2) is 6.66. The molecule has 7 nitrogen and oxygen atoms in total. The molecule has 0 radical (unpaired) electrons. The molecule has 8 heteroatoms. The zero-order valence-corrected chi connectivity index (χ0v) is 13.6. The van der Waals surface area contributed by atoms with Crippen molar-refractivity contribution in [3.8, 4) is 11.5 Å². The summed E-state index contributed by atoms with van der Waals surface area (Å²) in [5.41, 5.74) is 6.63. The van der Waals surface area contributed by atoms with Gasteiger partial charge in [-0.2, -0.15) is 0 Å². The third-order valence-electron chi connectivity index (χ3n) is 3.87. The highest BCUT2D eigenvalue weighted by atomic mass is 32.2. The van der Waals surface area contributed by atoms with Crippen LogP contribution in [0.3, 0.4) is 0 Å². The van der Waals surface area contributed by atoms with Crippen LogP contribution in [0.2, 0.25) is 0 Å². The van der Waals surface area contributed by atoms with Crippen molar-refractivity contribution >= 4 is 21.5 Å². The zero-order valence-electron chi connectivity index (χ0n) is 12.8. The molecule has 3 rings (SSSR count). The number of ether oxygens (including phenoxy) is 2. The lowest BCUT2D eigenvalue weighted by Gasteiger charge is -2.11. The van der Waals surface area contributed by atoms with Crippen LogP contribution in [-0.2, 0) is 9.84 Å². The van der Waals surface area contributed by atoms with E-state index in [1.54, 1.807) is 0 Å². The van der Waals surface area contributed by atoms with Gasteiger partial charge in [-0.25, -0.2) is 8.42 Å². The van der Waals surface area contributed by atoms with Crippen LogP contribution in [0.25, 0.3) is 0 Å². The number of aliphatic imine (C=N–C) groups is 1. The lowest BCUT2D eigenvalue weighted by atomic mass is 10.1. The molecule has 0 spiro atoms. The lowest BCUT2D eigenvalue weighted by Crippen LogP contribution is -2.24. The molecule has 2 aliphatic heterocycles. The molecule has 1 fully saturated rings. The van der Waals surface area contributed by atoms with Gasteiger partial charge < -0.3 is 20.5 Å². The number of nitrogens with one attached hydrogen (secondary N) is 1. The number of hydrogen-bond acceptors (Lipinski definition) is 5. The summed E-state index contributed by atoms with van der Waals surface area (Å²) in [4.78, 5) is 4.24. The molecule has 2 aliphatic rings. The molecule has 1 saturated heterocycles. The monoisotopic (exact) mass is 339 g/mol. The Kier molecular flexibility index (Phi) is 4.61. The Bertz CT molecular complexity index is 703. The Morgan fingerprint density at radius 3 is 2.83 bits per heavy atom. The van der Waals surface area contributed by atoms with Crippen LogP contribution in [0.1, 0.15) is 12.8 Å². The van der Waals surface area contributed by atoms with Crippen LogP contribution in [0.4, 0.5) is 5.69 Å². The molecule has 3 N–H and O–H groups in total. The number of nitrogens with two attached hydrogens (primary N) is 1. The topological polar surface area (TPSA) is 103 Å². The summed E-state index contributed by atoms with van der Waals surface area (Å²) in [6, 6.07) is 5.50. The minimum absolute atomic E-state index is 0.0594. The summed E-state index contributed by atoms with van der Waals surface area (Å²) in [5, 5.41) is 3.00. The van der Waals surface area contributed by atoms with Gasteiger partial charge in [0.1, 0.15) is 0 Å². The molecular weight excluding hydrogens is 318 g/mol. The first-order valence-corrected chi connectivity index (χ1v) is 9.51. The normalized spacial score (nSPS) is 23.3. The summed E-state index contributed by atoms with van der Waals surface area (Å²) in [7, 11) is -2.88. The van der Waals surface area contributed by atoms with E-state index in [2.05, 4.69) is 10.3 Å². The first-order chi connectivity index (χ1) is 11.0. The van der Waals surface area contributed by atoms with E-state index >= 15 is 0 Å². The van der Waals surface area contributed by atoms with Gasteiger partial charge >= 0.3 is 0 Å². The fraction of sp³-hybridized carbons (Fsp3) is 0.533. The van der Waals surface area contributed by atoms with Crippen molar-refractivity contribution in [2.24, 2.45) is 16.6 Å². The minimum atomic E-state index is -2.88. The second-order valence-electron chi connectivity index (χ2n) is 5.83. The van der Waals surface area contributed by atoms with Crippen molar-refractivity contribution in [3.63, 3.8) is 0 Å². The van der Waals surface area contributed by atoms with Gasteiger partial charge in [0.25, 0.3) is 0 Å².